The summed E-state index contributed by atoms with van der Waals surface area (Å²) in [5, 5.41) is 0.189. The Bertz CT molecular complexity index is 408. The number of rotatable bonds is 2. The molecule has 2 heteroatoms. The molecule has 98 valence electrons. The number of alkyl halides is 1. The highest BCUT2D eigenvalue weighted by Crippen LogP contribution is 2.39. The molecular formula is C16H21ClO. The topological polar surface area (TPSA) is 9.23 Å². The molecule has 0 aromatic heterocycles. The highest BCUT2D eigenvalue weighted by molar-refractivity contribution is 6.21. The first-order valence-corrected chi connectivity index (χ1v) is 7.62. The normalized spacial score (nSPS) is 22.5. The molecule has 1 aliphatic carbocycles. The van der Waals surface area contributed by atoms with Crippen molar-refractivity contribution in [2.45, 2.75) is 57.1 Å². The van der Waals surface area contributed by atoms with Crippen LogP contribution in [0.5, 0.6) is 0 Å². The van der Waals surface area contributed by atoms with Crippen molar-refractivity contribution in [3.8, 4) is 0 Å². The lowest BCUT2D eigenvalue weighted by Crippen LogP contribution is -2.07. The van der Waals surface area contributed by atoms with Gasteiger partial charge in [0.2, 0.25) is 0 Å². The van der Waals surface area contributed by atoms with Crippen LogP contribution < -0.4 is 0 Å². The second-order valence-corrected chi connectivity index (χ2v) is 6.14. The van der Waals surface area contributed by atoms with Gasteiger partial charge in [0, 0.05) is 0 Å². The summed E-state index contributed by atoms with van der Waals surface area (Å²) in [5.41, 5.74) is 3.98. The predicted molar refractivity (Wildman–Crippen MR) is 74.7 cm³/mol. The maximum atomic E-state index is 6.72. The SMILES string of the molecule is ClC(c1ccc2c(c1)COC2)C1CCCCCC1. The Morgan fingerprint density at radius 2 is 1.72 bits per heavy atom. The van der Waals surface area contributed by atoms with Crippen LogP contribution in [0.1, 0.15) is 60.6 Å². The largest absolute Gasteiger partial charge is 0.372 e. The first-order valence-electron chi connectivity index (χ1n) is 7.18. The number of benzene rings is 1. The van der Waals surface area contributed by atoms with E-state index in [1.807, 2.05) is 0 Å². The van der Waals surface area contributed by atoms with Gasteiger partial charge >= 0.3 is 0 Å². The number of halogens is 1. The van der Waals surface area contributed by atoms with E-state index < -0.39 is 0 Å². The summed E-state index contributed by atoms with van der Waals surface area (Å²) in [6, 6.07) is 6.67. The molecule has 2 aliphatic rings. The van der Waals surface area contributed by atoms with Crippen molar-refractivity contribution in [3.05, 3.63) is 34.9 Å². The summed E-state index contributed by atoms with van der Waals surface area (Å²) in [6.07, 6.45) is 8.06. The van der Waals surface area contributed by atoms with Gasteiger partial charge in [-0.1, -0.05) is 43.9 Å². The van der Waals surface area contributed by atoms with E-state index in [-0.39, 0.29) is 5.38 Å². The van der Waals surface area contributed by atoms with Crippen molar-refractivity contribution in [1.29, 1.82) is 0 Å². The maximum absolute atomic E-state index is 6.72. The van der Waals surface area contributed by atoms with Crippen LogP contribution in [-0.2, 0) is 18.0 Å². The van der Waals surface area contributed by atoms with Crippen LogP contribution in [0.4, 0.5) is 0 Å². The van der Waals surface area contributed by atoms with Crippen LogP contribution in [0.2, 0.25) is 0 Å². The lowest BCUT2D eigenvalue weighted by atomic mass is 9.90. The van der Waals surface area contributed by atoms with E-state index in [0.717, 1.165) is 13.2 Å². The molecule has 1 saturated carbocycles. The smallest absolute Gasteiger partial charge is 0.0725 e. The van der Waals surface area contributed by atoms with Gasteiger partial charge in [0.25, 0.3) is 0 Å². The standard InChI is InChI=1S/C16H21ClO/c17-16(12-5-3-1-2-4-6-12)13-7-8-14-10-18-11-15(14)9-13/h7-9,12,16H,1-6,10-11H2. The molecule has 1 nitrogen and oxygen atoms in total. The van der Waals surface area contributed by atoms with Gasteiger partial charge in [0.15, 0.2) is 0 Å². The van der Waals surface area contributed by atoms with Crippen LogP contribution >= 0.6 is 11.6 Å². The van der Waals surface area contributed by atoms with Gasteiger partial charge < -0.3 is 4.74 Å². The van der Waals surface area contributed by atoms with Crippen LogP contribution in [0.25, 0.3) is 0 Å². The maximum Gasteiger partial charge on any atom is 0.0725 e. The summed E-state index contributed by atoms with van der Waals surface area (Å²) in [5.74, 6) is 0.662. The average molecular weight is 265 g/mol. The van der Waals surface area contributed by atoms with Gasteiger partial charge in [-0.05, 0) is 35.4 Å². The van der Waals surface area contributed by atoms with Gasteiger partial charge in [0.05, 0.1) is 18.6 Å². The van der Waals surface area contributed by atoms with Gasteiger partial charge in [-0.2, -0.15) is 0 Å². The Hall–Kier alpha value is -0.530. The molecule has 0 amide bonds. The molecule has 0 saturated heterocycles. The summed E-state index contributed by atoms with van der Waals surface area (Å²) in [4.78, 5) is 0. The Labute approximate surface area is 114 Å². The Morgan fingerprint density at radius 1 is 1.00 bits per heavy atom. The van der Waals surface area contributed by atoms with Crippen molar-refractivity contribution >= 4 is 11.6 Å². The lowest BCUT2D eigenvalue weighted by molar-refractivity contribution is 0.134. The minimum atomic E-state index is 0.189. The minimum absolute atomic E-state index is 0.189. The highest BCUT2D eigenvalue weighted by Gasteiger charge is 2.23. The molecule has 0 spiro atoms. The molecule has 1 fully saturated rings. The van der Waals surface area contributed by atoms with Gasteiger partial charge in [-0.15, -0.1) is 11.6 Å². The summed E-state index contributed by atoms with van der Waals surface area (Å²) < 4.78 is 5.47. The molecule has 1 aliphatic heterocycles. The zero-order valence-corrected chi connectivity index (χ0v) is 11.6. The van der Waals surface area contributed by atoms with E-state index >= 15 is 0 Å². The minimum Gasteiger partial charge on any atom is -0.372 e. The van der Waals surface area contributed by atoms with Crippen LogP contribution in [0.15, 0.2) is 18.2 Å². The number of fused-ring (bicyclic) bond motifs is 1. The molecule has 1 aromatic carbocycles. The molecule has 3 rings (SSSR count). The summed E-state index contributed by atoms with van der Waals surface area (Å²) >= 11 is 6.72. The molecule has 0 N–H and O–H groups in total. The third-order valence-electron chi connectivity index (χ3n) is 4.38. The predicted octanol–water partition coefficient (Wildman–Crippen LogP) is 4.97. The van der Waals surface area contributed by atoms with Crippen molar-refractivity contribution in [1.82, 2.24) is 0 Å². The van der Waals surface area contributed by atoms with Gasteiger partial charge in [-0.3, -0.25) is 0 Å². The van der Waals surface area contributed by atoms with E-state index in [1.54, 1.807) is 0 Å². The van der Waals surface area contributed by atoms with Crippen molar-refractivity contribution in [3.63, 3.8) is 0 Å². The fourth-order valence-corrected chi connectivity index (χ4v) is 3.63. The lowest BCUT2D eigenvalue weighted by Gasteiger charge is -2.21. The monoisotopic (exact) mass is 264 g/mol. The fourth-order valence-electron chi connectivity index (χ4n) is 3.24. The number of hydrogen-bond donors (Lipinski definition) is 0. The van der Waals surface area contributed by atoms with Crippen molar-refractivity contribution in [2.24, 2.45) is 5.92 Å². The Kier molecular flexibility index (Phi) is 3.91. The first kappa shape index (κ1) is 12.5. The fraction of sp³-hybridized carbons (Fsp3) is 0.625. The zero-order valence-electron chi connectivity index (χ0n) is 10.8. The zero-order chi connectivity index (χ0) is 12.4. The second kappa shape index (κ2) is 5.63. The van der Waals surface area contributed by atoms with Crippen LogP contribution in [0.3, 0.4) is 0 Å². The third-order valence-corrected chi connectivity index (χ3v) is 4.99. The van der Waals surface area contributed by atoms with Crippen LogP contribution in [0, 0.1) is 5.92 Å². The molecule has 1 heterocycles. The molecule has 1 aromatic rings. The Balaban J connectivity index is 1.76. The van der Waals surface area contributed by atoms with E-state index in [2.05, 4.69) is 18.2 Å². The van der Waals surface area contributed by atoms with Crippen molar-refractivity contribution < 1.29 is 4.74 Å². The highest BCUT2D eigenvalue weighted by atomic mass is 35.5. The van der Waals surface area contributed by atoms with E-state index in [1.165, 1.54) is 55.2 Å². The van der Waals surface area contributed by atoms with E-state index in [4.69, 9.17) is 16.3 Å². The second-order valence-electron chi connectivity index (χ2n) is 5.67. The van der Waals surface area contributed by atoms with Gasteiger partial charge in [-0.25, -0.2) is 0 Å². The molecule has 0 radical (unpaired) electrons. The Morgan fingerprint density at radius 3 is 2.50 bits per heavy atom. The molecule has 1 atom stereocenters. The molecular weight excluding hydrogens is 244 g/mol. The van der Waals surface area contributed by atoms with E-state index in [0.29, 0.717) is 5.92 Å². The van der Waals surface area contributed by atoms with Crippen LogP contribution in [-0.4, -0.2) is 0 Å². The van der Waals surface area contributed by atoms with Crippen molar-refractivity contribution in [2.75, 3.05) is 0 Å². The quantitative estimate of drug-likeness (QED) is 0.541. The molecule has 0 bridgehead atoms. The van der Waals surface area contributed by atoms with E-state index in [9.17, 15) is 0 Å². The number of ether oxygens (including phenoxy) is 1. The molecule has 1 unspecified atom stereocenters. The number of hydrogen-bond acceptors (Lipinski definition) is 1. The van der Waals surface area contributed by atoms with Gasteiger partial charge in [0.1, 0.15) is 0 Å². The first-order chi connectivity index (χ1) is 8.84. The summed E-state index contributed by atoms with van der Waals surface area (Å²) in [7, 11) is 0. The third kappa shape index (κ3) is 2.57. The molecule has 18 heavy (non-hydrogen) atoms. The summed E-state index contributed by atoms with van der Waals surface area (Å²) in [6.45, 7) is 1.53. The average Bonchev–Trinajstić information content (AvgIpc) is 2.69.